The van der Waals surface area contributed by atoms with Gasteiger partial charge in [0.1, 0.15) is 0 Å². The summed E-state index contributed by atoms with van der Waals surface area (Å²) in [5.74, 6) is 0. The zero-order chi connectivity index (χ0) is 17.4. The van der Waals surface area contributed by atoms with Crippen LogP contribution >= 0.6 is 0 Å². The lowest BCUT2D eigenvalue weighted by Crippen LogP contribution is -2.04. The zero-order valence-electron chi connectivity index (χ0n) is 13.3. The fourth-order valence-corrected chi connectivity index (χ4v) is 3.31. The third kappa shape index (κ3) is 2.98. The zero-order valence-corrected chi connectivity index (χ0v) is 13.3. The van der Waals surface area contributed by atoms with Crippen molar-refractivity contribution in [1.82, 2.24) is 0 Å². The molecule has 0 aliphatic carbocycles. The van der Waals surface area contributed by atoms with Crippen molar-refractivity contribution in [2.24, 2.45) is 0 Å². The summed E-state index contributed by atoms with van der Waals surface area (Å²) < 4.78 is 38.3. The van der Waals surface area contributed by atoms with Crippen LogP contribution in [0.25, 0.3) is 21.5 Å². The van der Waals surface area contributed by atoms with Crippen molar-refractivity contribution in [3.8, 4) is 0 Å². The molecule has 124 valence electrons. The summed E-state index contributed by atoms with van der Waals surface area (Å²) >= 11 is 0. The molecule has 0 atom stereocenters. The van der Waals surface area contributed by atoms with Crippen molar-refractivity contribution in [2.75, 3.05) is 0 Å². The van der Waals surface area contributed by atoms with Crippen LogP contribution in [0.3, 0.4) is 0 Å². The second-order valence-corrected chi connectivity index (χ2v) is 6.17. The van der Waals surface area contributed by atoms with Gasteiger partial charge in [-0.2, -0.15) is 13.2 Å². The molecule has 25 heavy (non-hydrogen) atoms. The predicted molar refractivity (Wildman–Crippen MR) is 95.7 cm³/mol. The van der Waals surface area contributed by atoms with Gasteiger partial charge in [0.25, 0.3) is 0 Å². The molecule has 0 heterocycles. The van der Waals surface area contributed by atoms with Gasteiger partial charge in [-0.15, -0.1) is 0 Å². The first-order valence-corrected chi connectivity index (χ1v) is 8.08. The van der Waals surface area contributed by atoms with Gasteiger partial charge in [-0.3, -0.25) is 0 Å². The normalized spacial score (nSPS) is 12.0. The third-order valence-corrected chi connectivity index (χ3v) is 4.54. The molecule has 0 aliphatic heterocycles. The summed E-state index contributed by atoms with van der Waals surface area (Å²) in [5, 5.41) is 4.56. The Kier molecular flexibility index (Phi) is 3.72. The van der Waals surface area contributed by atoms with Crippen LogP contribution in [0.1, 0.15) is 16.7 Å². The maximum absolute atomic E-state index is 12.8. The van der Waals surface area contributed by atoms with Gasteiger partial charge in [0.15, 0.2) is 0 Å². The maximum atomic E-state index is 12.8. The number of alkyl halides is 3. The lowest BCUT2D eigenvalue weighted by atomic mass is 9.92. The molecule has 0 nitrogen and oxygen atoms in total. The number of benzene rings is 4. The van der Waals surface area contributed by atoms with E-state index in [2.05, 4.69) is 30.3 Å². The molecule has 0 bridgehead atoms. The SMILES string of the molecule is FC(F)(F)c1ccc(Cc2c3ccccc3cc3ccccc23)cc1. The molecule has 3 heteroatoms. The quantitative estimate of drug-likeness (QED) is 0.362. The Morgan fingerprint density at radius 1 is 0.640 bits per heavy atom. The molecule has 4 aromatic rings. The van der Waals surface area contributed by atoms with E-state index in [1.807, 2.05) is 24.3 Å². The predicted octanol–water partition coefficient (Wildman–Crippen LogP) is 6.60. The minimum atomic E-state index is -4.30. The van der Waals surface area contributed by atoms with Gasteiger partial charge in [0, 0.05) is 0 Å². The Bertz CT molecular complexity index is 990. The molecular weight excluding hydrogens is 321 g/mol. The minimum absolute atomic E-state index is 0.597. The smallest absolute Gasteiger partial charge is 0.166 e. The summed E-state index contributed by atoms with van der Waals surface area (Å²) in [7, 11) is 0. The molecule has 0 aromatic heterocycles. The van der Waals surface area contributed by atoms with Gasteiger partial charge in [0.2, 0.25) is 0 Å². The van der Waals surface area contributed by atoms with Crippen LogP contribution in [0.4, 0.5) is 13.2 Å². The molecular formula is C22H15F3. The Morgan fingerprint density at radius 2 is 1.16 bits per heavy atom. The van der Waals surface area contributed by atoms with Gasteiger partial charge in [-0.05, 0) is 57.3 Å². The van der Waals surface area contributed by atoms with Gasteiger partial charge < -0.3 is 0 Å². The van der Waals surface area contributed by atoms with E-state index in [1.54, 1.807) is 12.1 Å². The molecule has 0 spiro atoms. The van der Waals surface area contributed by atoms with Crippen molar-refractivity contribution in [3.05, 3.63) is 95.6 Å². The highest BCUT2D eigenvalue weighted by molar-refractivity contribution is 6.02. The Morgan fingerprint density at radius 3 is 1.68 bits per heavy atom. The molecule has 0 unspecified atom stereocenters. The second-order valence-electron chi connectivity index (χ2n) is 6.17. The average molecular weight is 336 g/mol. The largest absolute Gasteiger partial charge is 0.416 e. The van der Waals surface area contributed by atoms with Crippen LogP contribution < -0.4 is 0 Å². The van der Waals surface area contributed by atoms with E-state index in [4.69, 9.17) is 0 Å². The molecule has 0 N–H and O–H groups in total. The molecule has 4 rings (SSSR count). The van der Waals surface area contributed by atoms with Crippen molar-refractivity contribution >= 4 is 21.5 Å². The molecule has 0 aliphatic rings. The lowest BCUT2D eigenvalue weighted by Gasteiger charge is -2.13. The van der Waals surface area contributed by atoms with Gasteiger partial charge in [-0.1, -0.05) is 60.7 Å². The Balaban J connectivity index is 1.85. The lowest BCUT2D eigenvalue weighted by molar-refractivity contribution is -0.137. The third-order valence-electron chi connectivity index (χ3n) is 4.54. The summed E-state index contributed by atoms with van der Waals surface area (Å²) in [5.41, 5.74) is 1.40. The topological polar surface area (TPSA) is 0 Å². The van der Waals surface area contributed by atoms with Crippen LogP contribution in [0.2, 0.25) is 0 Å². The second kappa shape index (κ2) is 5.92. The number of fused-ring (bicyclic) bond motifs is 2. The van der Waals surface area contributed by atoms with E-state index in [0.717, 1.165) is 44.8 Å². The van der Waals surface area contributed by atoms with E-state index < -0.39 is 11.7 Å². The van der Waals surface area contributed by atoms with Crippen LogP contribution in [0, 0.1) is 0 Å². The van der Waals surface area contributed by atoms with E-state index in [-0.39, 0.29) is 0 Å². The highest BCUT2D eigenvalue weighted by atomic mass is 19.4. The molecule has 0 amide bonds. The first-order chi connectivity index (χ1) is 12.0. The van der Waals surface area contributed by atoms with E-state index in [1.165, 1.54) is 0 Å². The average Bonchev–Trinajstić information content (AvgIpc) is 2.61. The van der Waals surface area contributed by atoms with Crippen LogP contribution in [-0.4, -0.2) is 0 Å². The molecule has 4 aromatic carbocycles. The van der Waals surface area contributed by atoms with E-state index in [0.29, 0.717) is 6.42 Å². The number of hydrogen-bond donors (Lipinski definition) is 0. The van der Waals surface area contributed by atoms with Crippen molar-refractivity contribution in [2.45, 2.75) is 12.6 Å². The maximum Gasteiger partial charge on any atom is 0.416 e. The summed E-state index contributed by atoms with van der Waals surface area (Å²) in [6.07, 6.45) is -3.70. The van der Waals surface area contributed by atoms with Crippen LogP contribution in [-0.2, 0) is 12.6 Å². The monoisotopic (exact) mass is 336 g/mol. The van der Waals surface area contributed by atoms with Gasteiger partial charge in [-0.25, -0.2) is 0 Å². The van der Waals surface area contributed by atoms with Crippen LogP contribution in [0.5, 0.6) is 0 Å². The van der Waals surface area contributed by atoms with Crippen molar-refractivity contribution < 1.29 is 13.2 Å². The number of hydrogen-bond acceptors (Lipinski definition) is 0. The molecule has 0 saturated heterocycles. The van der Waals surface area contributed by atoms with Crippen molar-refractivity contribution in [3.63, 3.8) is 0 Å². The Labute approximate surface area is 143 Å². The highest BCUT2D eigenvalue weighted by Gasteiger charge is 2.29. The fourth-order valence-electron chi connectivity index (χ4n) is 3.31. The fraction of sp³-hybridized carbons (Fsp3) is 0.0909. The summed E-state index contributed by atoms with van der Waals surface area (Å²) in [6.45, 7) is 0. The Hall–Kier alpha value is -2.81. The van der Waals surface area contributed by atoms with E-state index >= 15 is 0 Å². The van der Waals surface area contributed by atoms with Crippen LogP contribution in [0.15, 0.2) is 78.9 Å². The van der Waals surface area contributed by atoms with E-state index in [9.17, 15) is 13.2 Å². The number of rotatable bonds is 2. The standard InChI is InChI=1S/C22H15F3/c23-22(24,25)18-11-9-15(10-12-18)13-21-19-7-3-1-5-16(19)14-17-6-2-4-8-20(17)21/h1-12,14H,13H2. The molecule has 0 saturated carbocycles. The summed E-state index contributed by atoms with van der Waals surface area (Å²) in [6, 6.07) is 23.9. The first-order valence-electron chi connectivity index (χ1n) is 8.08. The number of halogens is 3. The summed E-state index contributed by atoms with van der Waals surface area (Å²) in [4.78, 5) is 0. The van der Waals surface area contributed by atoms with Gasteiger partial charge in [0.05, 0.1) is 5.56 Å². The minimum Gasteiger partial charge on any atom is -0.166 e. The first kappa shape index (κ1) is 15.7. The molecule has 0 fully saturated rings. The highest BCUT2D eigenvalue weighted by Crippen LogP contribution is 2.32. The van der Waals surface area contributed by atoms with Gasteiger partial charge >= 0.3 is 6.18 Å². The van der Waals surface area contributed by atoms with Crippen molar-refractivity contribution in [1.29, 1.82) is 0 Å². The molecule has 0 radical (unpaired) electrons.